The van der Waals surface area contributed by atoms with E-state index in [9.17, 15) is 0 Å². The van der Waals surface area contributed by atoms with Crippen molar-refractivity contribution in [1.82, 2.24) is 4.98 Å². The number of hydrogen-bond acceptors (Lipinski definition) is 6. The van der Waals surface area contributed by atoms with Crippen LogP contribution in [0, 0.1) is 0 Å². The van der Waals surface area contributed by atoms with Crippen LogP contribution in [0.2, 0.25) is 0 Å². The molecule has 2 aromatic heterocycles. The van der Waals surface area contributed by atoms with E-state index in [1.807, 2.05) is 0 Å². The molecule has 90 valence electrons. The molecule has 7 heteroatoms. The number of fused-ring (bicyclic) bond motifs is 1. The van der Waals surface area contributed by atoms with E-state index in [0.29, 0.717) is 19.8 Å². The first kappa shape index (κ1) is 11.5. The molecule has 0 fully saturated rings. The Labute approximate surface area is 115 Å². The van der Waals surface area contributed by atoms with Crippen molar-refractivity contribution in [3.05, 3.63) is 14.2 Å². The van der Waals surface area contributed by atoms with Gasteiger partial charge in [0.1, 0.15) is 21.9 Å². The molecule has 0 spiro atoms. The van der Waals surface area contributed by atoms with Crippen LogP contribution in [0.15, 0.2) is 9.30 Å². The topological polar surface area (TPSA) is 57.4 Å². The number of halogens is 1. The highest BCUT2D eigenvalue weighted by Gasteiger charge is 2.26. The summed E-state index contributed by atoms with van der Waals surface area (Å²) in [5.41, 5.74) is 8.43. The highest BCUT2D eigenvalue weighted by Crippen LogP contribution is 2.52. The van der Waals surface area contributed by atoms with Crippen LogP contribution in [0.1, 0.15) is 4.88 Å². The van der Waals surface area contributed by atoms with E-state index in [4.69, 9.17) is 15.2 Å². The van der Waals surface area contributed by atoms with E-state index in [-0.39, 0.29) is 0 Å². The molecular formula is C10H9BrN2O2S2. The van der Waals surface area contributed by atoms with Crippen LogP contribution in [0.4, 0.5) is 0 Å². The van der Waals surface area contributed by atoms with Gasteiger partial charge >= 0.3 is 0 Å². The van der Waals surface area contributed by atoms with Gasteiger partial charge in [-0.05, 0) is 15.9 Å². The van der Waals surface area contributed by atoms with Gasteiger partial charge in [0.15, 0.2) is 11.5 Å². The van der Waals surface area contributed by atoms with Crippen LogP contribution in [0.25, 0.3) is 10.6 Å². The van der Waals surface area contributed by atoms with Crippen molar-refractivity contribution in [2.45, 2.75) is 6.54 Å². The molecule has 0 amide bonds. The van der Waals surface area contributed by atoms with Crippen molar-refractivity contribution in [2.24, 2.45) is 5.73 Å². The molecule has 1 aliphatic heterocycles. The molecule has 0 radical (unpaired) electrons. The standard InChI is InChI=1S/C10H9BrN2O2S2/c11-10-8-7(14-1-2-15-8)9(17-10)6-5(3-12)16-4-13-6/h4H,1-3,12H2. The lowest BCUT2D eigenvalue weighted by Crippen LogP contribution is -2.14. The Balaban J connectivity index is 2.15. The second kappa shape index (κ2) is 4.56. The number of aromatic nitrogens is 1. The first-order chi connectivity index (χ1) is 8.31. The van der Waals surface area contributed by atoms with Crippen molar-refractivity contribution in [1.29, 1.82) is 0 Å². The summed E-state index contributed by atoms with van der Waals surface area (Å²) in [5, 5.41) is 0. The fourth-order valence-corrected chi connectivity index (χ4v) is 4.11. The first-order valence-electron chi connectivity index (χ1n) is 5.02. The quantitative estimate of drug-likeness (QED) is 0.918. The number of rotatable bonds is 2. The third-order valence-corrected chi connectivity index (χ3v) is 5.05. The summed E-state index contributed by atoms with van der Waals surface area (Å²) in [6, 6.07) is 0. The van der Waals surface area contributed by atoms with E-state index >= 15 is 0 Å². The molecule has 0 saturated carbocycles. The fourth-order valence-electron chi connectivity index (χ4n) is 1.67. The second-order valence-corrected chi connectivity index (χ2v) is 6.67. The van der Waals surface area contributed by atoms with E-state index < -0.39 is 0 Å². The summed E-state index contributed by atoms with van der Waals surface area (Å²) in [7, 11) is 0. The number of ether oxygens (including phenoxy) is 2. The maximum absolute atomic E-state index is 5.71. The highest BCUT2D eigenvalue weighted by molar-refractivity contribution is 9.11. The monoisotopic (exact) mass is 332 g/mol. The van der Waals surface area contributed by atoms with Crippen LogP contribution in [0.5, 0.6) is 11.5 Å². The third kappa shape index (κ3) is 1.87. The Bertz CT molecular complexity index is 552. The zero-order chi connectivity index (χ0) is 11.8. The zero-order valence-corrected chi connectivity index (χ0v) is 12.0. The van der Waals surface area contributed by atoms with Gasteiger partial charge in [-0.1, -0.05) is 0 Å². The molecule has 1 aliphatic rings. The maximum atomic E-state index is 5.71. The predicted octanol–water partition coefficient (Wildman–Crippen LogP) is 2.86. The van der Waals surface area contributed by atoms with E-state index in [1.54, 1.807) is 28.2 Å². The number of thiazole rings is 1. The highest BCUT2D eigenvalue weighted by atomic mass is 79.9. The summed E-state index contributed by atoms with van der Waals surface area (Å²) in [6.07, 6.45) is 0. The minimum atomic E-state index is 0.491. The average molecular weight is 333 g/mol. The average Bonchev–Trinajstić information content (AvgIpc) is 2.94. The van der Waals surface area contributed by atoms with E-state index in [0.717, 1.165) is 30.7 Å². The molecule has 0 aromatic carbocycles. The molecule has 3 rings (SSSR count). The van der Waals surface area contributed by atoms with Crippen molar-refractivity contribution in [3.8, 4) is 22.1 Å². The van der Waals surface area contributed by atoms with Gasteiger partial charge in [0.2, 0.25) is 0 Å². The Hall–Kier alpha value is -0.630. The summed E-state index contributed by atoms with van der Waals surface area (Å²) >= 11 is 6.63. The molecule has 2 aromatic rings. The van der Waals surface area contributed by atoms with E-state index in [1.165, 1.54) is 0 Å². The van der Waals surface area contributed by atoms with Gasteiger partial charge in [0, 0.05) is 11.4 Å². The molecular weight excluding hydrogens is 324 g/mol. The molecule has 0 aliphatic carbocycles. The van der Waals surface area contributed by atoms with Gasteiger partial charge < -0.3 is 15.2 Å². The van der Waals surface area contributed by atoms with Crippen molar-refractivity contribution in [2.75, 3.05) is 13.2 Å². The first-order valence-corrected chi connectivity index (χ1v) is 7.51. The van der Waals surface area contributed by atoms with Crippen LogP contribution in [-0.4, -0.2) is 18.2 Å². The van der Waals surface area contributed by atoms with Crippen LogP contribution >= 0.6 is 38.6 Å². The minimum absolute atomic E-state index is 0.491. The molecule has 0 bridgehead atoms. The second-order valence-electron chi connectivity index (χ2n) is 3.39. The molecule has 0 atom stereocenters. The van der Waals surface area contributed by atoms with Crippen molar-refractivity contribution in [3.63, 3.8) is 0 Å². The van der Waals surface area contributed by atoms with E-state index in [2.05, 4.69) is 20.9 Å². The SMILES string of the molecule is NCc1scnc1-c1sc(Br)c2c1OCCO2. The lowest BCUT2D eigenvalue weighted by molar-refractivity contribution is 0.173. The van der Waals surface area contributed by atoms with Gasteiger partial charge in [0.25, 0.3) is 0 Å². The van der Waals surface area contributed by atoms with Crippen LogP contribution < -0.4 is 15.2 Å². The lowest BCUT2D eigenvalue weighted by Gasteiger charge is -2.16. The van der Waals surface area contributed by atoms with Gasteiger partial charge in [-0.3, -0.25) is 0 Å². The van der Waals surface area contributed by atoms with Crippen molar-refractivity contribution >= 4 is 38.6 Å². The number of nitrogens with two attached hydrogens (primary N) is 1. The lowest BCUT2D eigenvalue weighted by atomic mass is 10.2. The molecule has 4 nitrogen and oxygen atoms in total. The Morgan fingerprint density at radius 2 is 2.12 bits per heavy atom. The van der Waals surface area contributed by atoms with Crippen molar-refractivity contribution < 1.29 is 9.47 Å². The van der Waals surface area contributed by atoms with Crippen LogP contribution in [0.3, 0.4) is 0 Å². The number of nitrogens with zero attached hydrogens (tertiary/aromatic N) is 1. The largest absolute Gasteiger partial charge is 0.484 e. The van der Waals surface area contributed by atoms with Gasteiger partial charge in [-0.2, -0.15) is 0 Å². The Morgan fingerprint density at radius 1 is 1.35 bits per heavy atom. The molecule has 0 saturated heterocycles. The minimum Gasteiger partial charge on any atom is -0.484 e. The van der Waals surface area contributed by atoms with Gasteiger partial charge in [0.05, 0.1) is 11.2 Å². The number of hydrogen-bond donors (Lipinski definition) is 1. The summed E-state index contributed by atoms with van der Waals surface area (Å²) in [6.45, 7) is 1.65. The maximum Gasteiger partial charge on any atom is 0.187 e. The third-order valence-electron chi connectivity index (χ3n) is 2.40. The summed E-state index contributed by atoms with van der Waals surface area (Å²) in [5.74, 6) is 1.57. The van der Waals surface area contributed by atoms with Gasteiger partial charge in [-0.15, -0.1) is 22.7 Å². The smallest absolute Gasteiger partial charge is 0.187 e. The number of thiophene rings is 1. The predicted molar refractivity (Wildman–Crippen MR) is 72.0 cm³/mol. The zero-order valence-electron chi connectivity index (χ0n) is 8.73. The Morgan fingerprint density at radius 3 is 2.88 bits per heavy atom. The fraction of sp³-hybridized carbons (Fsp3) is 0.300. The molecule has 17 heavy (non-hydrogen) atoms. The molecule has 0 unspecified atom stereocenters. The van der Waals surface area contributed by atoms with Gasteiger partial charge in [-0.25, -0.2) is 4.98 Å². The molecule has 2 N–H and O–H groups in total. The Kier molecular flexibility index (Phi) is 3.08. The normalized spacial score (nSPS) is 14.0. The van der Waals surface area contributed by atoms with Crippen LogP contribution in [-0.2, 0) is 6.54 Å². The summed E-state index contributed by atoms with van der Waals surface area (Å²) < 4.78 is 12.2. The molecule has 3 heterocycles. The summed E-state index contributed by atoms with van der Waals surface area (Å²) in [4.78, 5) is 6.43.